The van der Waals surface area contributed by atoms with Crippen LogP contribution < -0.4 is 20.5 Å². The molecule has 150 valence electrons. The Bertz CT molecular complexity index is 1010. The van der Waals surface area contributed by atoms with E-state index >= 15 is 0 Å². The van der Waals surface area contributed by atoms with Crippen molar-refractivity contribution in [2.75, 3.05) is 14.2 Å². The molecule has 0 bridgehead atoms. The third-order valence-corrected chi connectivity index (χ3v) is 5.09. The Morgan fingerprint density at radius 2 is 2.14 bits per heavy atom. The highest BCUT2D eigenvalue weighted by Gasteiger charge is 2.28. The third-order valence-electron chi connectivity index (χ3n) is 4.76. The van der Waals surface area contributed by atoms with Gasteiger partial charge in [-0.3, -0.25) is 14.3 Å². The van der Waals surface area contributed by atoms with E-state index in [0.29, 0.717) is 30.2 Å². The first-order valence-electron chi connectivity index (χ1n) is 9.10. The minimum atomic E-state index is -0.446. The Labute approximate surface area is 167 Å². The number of rotatable bonds is 7. The number of nitrogens with zero attached hydrogens (tertiary/aromatic N) is 2. The van der Waals surface area contributed by atoms with Crippen molar-refractivity contribution >= 4 is 17.9 Å². The number of H-pyrrole nitrogens is 1. The SMILES string of the molecule is CCCCn1c(O)c(C2=NN[C@@H](c3ccc(OC)cc3OC)C2)c(=O)[nH]c1=S. The topological polar surface area (TPSA) is 101 Å². The first-order valence-corrected chi connectivity index (χ1v) is 9.51. The molecular weight excluding hydrogens is 380 g/mol. The van der Waals surface area contributed by atoms with Gasteiger partial charge in [0, 0.05) is 24.6 Å². The Kier molecular flexibility index (Phi) is 6.03. The van der Waals surface area contributed by atoms with Crippen LogP contribution in [0, 0.1) is 4.77 Å². The first kappa shape index (κ1) is 19.9. The van der Waals surface area contributed by atoms with Crippen molar-refractivity contribution in [3.63, 3.8) is 0 Å². The fourth-order valence-corrected chi connectivity index (χ4v) is 3.50. The summed E-state index contributed by atoms with van der Waals surface area (Å²) in [5, 5.41) is 15.0. The van der Waals surface area contributed by atoms with Crippen LogP contribution in [0.2, 0.25) is 0 Å². The van der Waals surface area contributed by atoms with Gasteiger partial charge in [0.05, 0.1) is 26.0 Å². The van der Waals surface area contributed by atoms with Gasteiger partial charge in [-0.05, 0) is 30.8 Å². The number of hydrogen-bond donors (Lipinski definition) is 3. The number of hydrazone groups is 1. The van der Waals surface area contributed by atoms with Crippen LogP contribution in [0.4, 0.5) is 0 Å². The second-order valence-corrected chi connectivity index (χ2v) is 6.90. The average molecular weight is 404 g/mol. The van der Waals surface area contributed by atoms with Crippen molar-refractivity contribution in [1.82, 2.24) is 15.0 Å². The molecule has 0 saturated heterocycles. The number of hydrogen-bond acceptors (Lipinski definition) is 7. The van der Waals surface area contributed by atoms with Crippen molar-refractivity contribution < 1.29 is 14.6 Å². The Morgan fingerprint density at radius 1 is 1.36 bits per heavy atom. The van der Waals surface area contributed by atoms with Crippen LogP contribution in [0.1, 0.15) is 43.4 Å². The van der Waals surface area contributed by atoms with Crippen LogP contribution >= 0.6 is 12.2 Å². The number of aromatic hydroxyl groups is 1. The monoisotopic (exact) mass is 404 g/mol. The molecule has 1 aliphatic rings. The van der Waals surface area contributed by atoms with Gasteiger partial charge in [-0.1, -0.05) is 13.3 Å². The van der Waals surface area contributed by atoms with Gasteiger partial charge in [0.25, 0.3) is 5.56 Å². The Hall–Kier alpha value is -2.81. The maximum absolute atomic E-state index is 12.5. The third kappa shape index (κ3) is 3.75. The molecule has 3 N–H and O–H groups in total. The minimum Gasteiger partial charge on any atom is -0.497 e. The summed E-state index contributed by atoms with van der Waals surface area (Å²) in [6, 6.07) is 5.34. The quantitative estimate of drug-likeness (QED) is 0.614. The number of methoxy groups -OCH3 is 2. The van der Waals surface area contributed by atoms with Crippen molar-refractivity contribution in [2.24, 2.45) is 5.10 Å². The summed E-state index contributed by atoms with van der Waals surface area (Å²) in [4.78, 5) is 15.1. The number of nitrogens with one attached hydrogen (secondary N) is 2. The standard InChI is InChI=1S/C19H24N4O4S/c1-4-5-8-23-18(25)16(17(24)20-19(23)28)14-10-13(21-22-14)12-7-6-11(26-2)9-15(12)27-3/h6-7,9,13,21,25H,4-5,8,10H2,1-3H3,(H,20,24,28)/t13-/m1/s1. The summed E-state index contributed by atoms with van der Waals surface area (Å²) in [6.45, 7) is 2.58. The second-order valence-electron chi connectivity index (χ2n) is 6.52. The molecule has 0 aliphatic carbocycles. The molecule has 1 aliphatic heterocycles. The summed E-state index contributed by atoms with van der Waals surface area (Å²) in [6.07, 6.45) is 2.20. The van der Waals surface area contributed by atoms with Crippen molar-refractivity contribution in [2.45, 2.75) is 38.8 Å². The van der Waals surface area contributed by atoms with E-state index in [9.17, 15) is 9.90 Å². The molecule has 28 heavy (non-hydrogen) atoms. The average Bonchev–Trinajstić information content (AvgIpc) is 3.16. The fraction of sp³-hybridized carbons (Fsp3) is 0.421. The molecule has 0 radical (unpaired) electrons. The van der Waals surface area contributed by atoms with E-state index < -0.39 is 5.56 Å². The lowest BCUT2D eigenvalue weighted by Gasteiger charge is -2.16. The number of aromatic nitrogens is 2. The van der Waals surface area contributed by atoms with E-state index in [4.69, 9.17) is 21.7 Å². The lowest BCUT2D eigenvalue weighted by atomic mass is 9.99. The zero-order chi connectivity index (χ0) is 20.3. The maximum atomic E-state index is 12.5. The number of unbranched alkanes of at least 4 members (excludes halogenated alkanes) is 1. The van der Waals surface area contributed by atoms with Crippen LogP contribution in [0.15, 0.2) is 28.1 Å². The molecule has 1 aromatic carbocycles. The van der Waals surface area contributed by atoms with E-state index in [1.165, 1.54) is 0 Å². The molecule has 3 rings (SSSR count). The Morgan fingerprint density at radius 3 is 2.82 bits per heavy atom. The number of ether oxygens (including phenoxy) is 2. The van der Waals surface area contributed by atoms with Crippen LogP contribution in [0.5, 0.6) is 17.4 Å². The molecule has 0 spiro atoms. The minimum absolute atomic E-state index is 0.146. The molecule has 2 aromatic rings. The fourth-order valence-electron chi connectivity index (χ4n) is 3.23. The molecule has 9 heteroatoms. The molecule has 0 amide bonds. The zero-order valence-electron chi connectivity index (χ0n) is 16.1. The van der Waals surface area contributed by atoms with Gasteiger partial charge in [0.15, 0.2) is 4.77 Å². The van der Waals surface area contributed by atoms with Gasteiger partial charge in [0.1, 0.15) is 17.1 Å². The highest BCUT2D eigenvalue weighted by atomic mass is 32.1. The summed E-state index contributed by atoms with van der Waals surface area (Å²) in [5.41, 5.74) is 4.09. The van der Waals surface area contributed by atoms with Crippen LogP contribution in [0.25, 0.3) is 0 Å². The Balaban J connectivity index is 1.92. The summed E-state index contributed by atoms with van der Waals surface area (Å²) in [5.74, 6) is 1.20. The van der Waals surface area contributed by atoms with E-state index in [2.05, 4.69) is 15.5 Å². The molecule has 1 atom stereocenters. The van der Waals surface area contributed by atoms with Crippen LogP contribution in [-0.4, -0.2) is 34.6 Å². The van der Waals surface area contributed by atoms with Gasteiger partial charge in [-0.25, -0.2) is 0 Å². The first-order chi connectivity index (χ1) is 13.5. The van der Waals surface area contributed by atoms with E-state index in [1.807, 2.05) is 19.1 Å². The summed E-state index contributed by atoms with van der Waals surface area (Å²) in [7, 11) is 3.18. The largest absolute Gasteiger partial charge is 0.497 e. The molecule has 0 fully saturated rings. The molecule has 0 unspecified atom stereocenters. The number of benzene rings is 1. The van der Waals surface area contributed by atoms with Crippen LogP contribution in [0.3, 0.4) is 0 Å². The highest BCUT2D eigenvalue weighted by molar-refractivity contribution is 7.71. The van der Waals surface area contributed by atoms with Crippen molar-refractivity contribution in [3.05, 3.63) is 44.5 Å². The van der Waals surface area contributed by atoms with E-state index in [0.717, 1.165) is 18.4 Å². The summed E-state index contributed by atoms with van der Waals surface area (Å²) >= 11 is 5.19. The van der Waals surface area contributed by atoms with E-state index in [1.54, 1.807) is 24.9 Å². The number of aromatic amines is 1. The van der Waals surface area contributed by atoms with Crippen molar-refractivity contribution in [3.8, 4) is 17.4 Å². The normalized spacial score (nSPS) is 15.8. The van der Waals surface area contributed by atoms with E-state index in [-0.39, 0.29) is 22.3 Å². The lowest BCUT2D eigenvalue weighted by Crippen LogP contribution is -2.23. The zero-order valence-corrected chi connectivity index (χ0v) is 16.9. The maximum Gasteiger partial charge on any atom is 0.264 e. The summed E-state index contributed by atoms with van der Waals surface area (Å²) < 4.78 is 12.4. The molecular formula is C19H24N4O4S. The molecule has 8 nitrogen and oxygen atoms in total. The predicted octanol–water partition coefficient (Wildman–Crippen LogP) is 2.87. The predicted molar refractivity (Wildman–Crippen MR) is 109 cm³/mol. The van der Waals surface area contributed by atoms with Gasteiger partial charge >= 0.3 is 0 Å². The van der Waals surface area contributed by atoms with Gasteiger partial charge in [-0.15, -0.1) is 0 Å². The highest BCUT2D eigenvalue weighted by Crippen LogP contribution is 2.34. The van der Waals surface area contributed by atoms with Gasteiger partial charge in [0.2, 0.25) is 5.88 Å². The second kappa shape index (κ2) is 8.47. The molecule has 2 heterocycles. The smallest absolute Gasteiger partial charge is 0.264 e. The van der Waals surface area contributed by atoms with Crippen LogP contribution in [-0.2, 0) is 6.54 Å². The molecule has 1 aromatic heterocycles. The van der Waals surface area contributed by atoms with Gasteiger partial charge in [-0.2, -0.15) is 5.10 Å². The van der Waals surface area contributed by atoms with Gasteiger partial charge < -0.3 is 20.0 Å². The lowest BCUT2D eigenvalue weighted by molar-refractivity contribution is 0.386. The molecule has 0 saturated carbocycles. The van der Waals surface area contributed by atoms with Crippen molar-refractivity contribution in [1.29, 1.82) is 0 Å².